The van der Waals surface area contributed by atoms with Gasteiger partial charge in [-0.2, -0.15) is 5.10 Å². The first-order chi connectivity index (χ1) is 15.7. The van der Waals surface area contributed by atoms with E-state index >= 15 is 0 Å². The number of carbonyl (C=O) groups excluding carboxylic acids is 1. The number of ether oxygens (including phenoxy) is 1. The fraction of sp³-hybridized carbons (Fsp3) is 0.292. The normalized spacial score (nSPS) is 14.0. The highest BCUT2D eigenvalue weighted by Crippen LogP contribution is 2.21. The van der Waals surface area contributed by atoms with Crippen LogP contribution in [0.2, 0.25) is 0 Å². The van der Waals surface area contributed by atoms with Crippen molar-refractivity contribution in [1.82, 2.24) is 10.4 Å². The van der Waals surface area contributed by atoms with Crippen LogP contribution in [0.3, 0.4) is 0 Å². The Bertz CT molecular complexity index is 1030. The summed E-state index contributed by atoms with van der Waals surface area (Å²) in [5.41, 5.74) is 6.29. The zero-order chi connectivity index (χ0) is 22.2. The first-order valence-electron chi connectivity index (χ1n) is 10.7. The first-order valence-corrected chi connectivity index (χ1v) is 11.6. The lowest BCUT2D eigenvalue weighted by atomic mass is 10.1. The molecule has 1 aliphatic heterocycles. The summed E-state index contributed by atoms with van der Waals surface area (Å²) in [6.07, 6.45) is 1.64. The molecule has 0 bridgehead atoms. The Morgan fingerprint density at radius 3 is 2.66 bits per heavy atom. The quantitative estimate of drug-likeness (QED) is 0.419. The molecule has 0 unspecified atom stereocenters. The van der Waals surface area contributed by atoms with Gasteiger partial charge in [0.05, 0.1) is 19.4 Å². The number of rotatable bonds is 8. The molecular weight excluding hydrogens is 422 g/mol. The van der Waals surface area contributed by atoms with Crippen molar-refractivity contribution in [3.05, 3.63) is 76.8 Å². The second-order valence-corrected chi connectivity index (χ2v) is 8.24. The van der Waals surface area contributed by atoms with E-state index < -0.39 is 0 Å². The van der Waals surface area contributed by atoms with Gasteiger partial charge >= 0.3 is 0 Å². The zero-order valence-electron chi connectivity index (χ0n) is 18.1. The predicted octanol–water partition coefficient (Wildman–Crippen LogP) is 3.77. The number of morpholine rings is 1. The summed E-state index contributed by atoms with van der Waals surface area (Å²) in [7, 11) is 0. The molecule has 1 saturated heterocycles. The van der Waals surface area contributed by atoms with Crippen LogP contribution in [0.15, 0.2) is 65.1 Å². The average molecular weight is 450 g/mol. The van der Waals surface area contributed by atoms with Gasteiger partial charge < -0.3 is 14.5 Å². The van der Waals surface area contributed by atoms with Gasteiger partial charge in [-0.3, -0.25) is 4.79 Å². The minimum Gasteiger partial charge on any atom is -0.378 e. The number of anilines is 2. The Labute approximate surface area is 192 Å². The Morgan fingerprint density at radius 2 is 1.94 bits per heavy atom. The minimum atomic E-state index is -0.311. The van der Waals surface area contributed by atoms with E-state index in [9.17, 15) is 4.79 Å². The van der Waals surface area contributed by atoms with Crippen LogP contribution < -0.4 is 15.2 Å². The summed E-state index contributed by atoms with van der Waals surface area (Å²) in [6.45, 7) is 6.89. The molecule has 1 fully saturated rings. The lowest BCUT2D eigenvalue weighted by molar-refractivity contribution is 0.0951. The number of hydrogen-bond acceptors (Lipinski definition) is 7. The third-order valence-corrected chi connectivity index (χ3v) is 6.14. The molecular formula is C24H27N5O2S. The van der Waals surface area contributed by atoms with E-state index in [4.69, 9.17) is 4.74 Å². The molecule has 7 nitrogen and oxygen atoms in total. The van der Waals surface area contributed by atoms with E-state index in [2.05, 4.69) is 68.6 Å². The number of benzene rings is 2. The molecule has 1 aliphatic rings. The molecule has 8 heteroatoms. The van der Waals surface area contributed by atoms with Gasteiger partial charge in [0.15, 0.2) is 5.13 Å². The average Bonchev–Trinajstić information content (AvgIpc) is 3.35. The summed E-state index contributed by atoms with van der Waals surface area (Å²) in [5.74, 6) is -0.311. The lowest BCUT2D eigenvalue weighted by Crippen LogP contribution is -2.36. The number of hydrazone groups is 1. The van der Waals surface area contributed by atoms with Crippen molar-refractivity contribution in [1.29, 1.82) is 0 Å². The van der Waals surface area contributed by atoms with Gasteiger partial charge in [-0.05, 0) is 30.2 Å². The zero-order valence-corrected chi connectivity index (χ0v) is 18.9. The molecule has 1 amide bonds. The number of amides is 1. The first kappa shape index (κ1) is 22.0. The monoisotopic (exact) mass is 449 g/mol. The van der Waals surface area contributed by atoms with Crippen molar-refractivity contribution in [2.24, 2.45) is 5.10 Å². The molecule has 1 N–H and O–H groups in total. The molecule has 0 radical (unpaired) electrons. The van der Waals surface area contributed by atoms with Crippen LogP contribution in [-0.4, -0.2) is 50.0 Å². The van der Waals surface area contributed by atoms with E-state index in [0.717, 1.165) is 42.6 Å². The van der Waals surface area contributed by atoms with Crippen LogP contribution >= 0.6 is 11.3 Å². The van der Waals surface area contributed by atoms with Gasteiger partial charge in [0.1, 0.15) is 5.69 Å². The SMILES string of the molecule is CCN(Cc1ccccc1)c1ccc(/C=N/NC(=O)c2csc(N3CCOCC3)n2)cc1. The highest BCUT2D eigenvalue weighted by Gasteiger charge is 2.17. The summed E-state index contributed by atoms with van der Waals surface area (Å²) in [4.78, 5) is 21.2. The number of nitrogens with one attached hydrogen (secondary N) is 1. The highest BCUT2D eigenvalue weighted by atomic mass is 32.1. The van der Waals surface area contributed by atoms with Crippen LogP contribution in [0, 0.1) is 0 Å². The molecule has 1 aromatic heterocycles. The number of nitrogens with zero attached hydrogens (tertiary/aromatic N) is 4. The minimum absolute atomic E-state index is 0.311. The molecule has 3 aromatic rings. The molecule has 166 valence electrons. The van der Waals surface area contributed by atoms with Crippen molar-refractivity contribution in [3.8, 4) is 0 Å². The van der Waals surface area contributed by atoms with Crippen molar-refractivity contribution in [3.63, 3.8) is 0 Å². The molecule has 32 heavy (non-hydrogen) atoms. The second-order valence-electron chi connectivity index (χ2n) is 7.41. The molecule has 4 rings (SSSR count). The second kappa shape index (κ2) is 10.9. The van der Waals surface area contributed by atoms with Crippen LogP contribution in [0.25, 0.3) is 0 Å². The molecule has 0 spiro atoms. The van der Waals surface area contributed by atoms with E-state index in [1.165, 1.54) is 16.9 Å². The number of carbonyl (C=O) groups is 1. The third-order valence-electron chi connectivity index (χ3n) is 5.24. The standard InChI is InChI=1S/C24H27N5O2S/c1-2-28(17-20-6-4-3-5-7-20)21-10-8-19(9-11-21)16-25-27-23(30)22-18-32-24(26-22)29-12-14-31-15-13-29/h3-11,16,18H,2,12-15,17H2,1H3,(H,27,30)/b25-16+. The number of thiazole rings is 1. The lowest BCUT2D eigenvalue weighted by Gasteiger charge is -2.25. The van der Waals surface area contributed by atoms with Crippen molar-refractivity contribution in [2.45, 2.75) is 13.5 Å². The van der Waals surface area contributed by atoms with Gasteiger partial charge in [-0.25, -0.2) is 10.4 Å². The van der Waals surface area contributed by atoms with Crippen LogP contribution in [0.1, 0.15) is 28.5 Å². The topological polar surface area (TPSA) is 70.1 Å². The predicted molar refractivity (Wildman–Crippen MR) is 130 cm³/mol. The molecule has 0 aliphatic carbocycles. The third kappa shape index (κ3) is 5.72. The van der Waals surface area contributed by atoms with Crippen molar-refractivity contribution >= 4 is 34.3 Å². The van der Waals surface area contributed by atoms with Gasteiger partial charge in [0.25, 0.3) is 5.91 Å². The van der Waals surface area contributed by atoms with E-state index in [1.807, 2.05) is 18.2 Å². The van der Waals surface area contributed by atoms with Crippen LogP contribution in [0.4, 0.5) is 10.8 Å². The van der Waals surface area contributed by atoms with Gasteiger partial charge in [0.2, 0.25) is 0 Å². The van der Waals surface area contributed by atoms with Gasteiger partial charge in [-0.15, -0.1) is 11.3 Å². The Hall–Kier alpha value is -3.23. The van der Waals surface area contributed by atoms with Gasteiger partial charge in [0, 0.05) is 37.2 Å². The van der Waals surface area contributed by atoms with Crippen LogP contribution in [0.5, 0.6) is 0 Å². The van der Waals surface area contributed by atoms with E-state index in [0.29, 0.717) is 18.9 Å². The summed E-state index contributed by atoms with van der Waals surface area (Å²) in [5, 5.41) is 6.70. The molecule has 2 heterocycles. The largest absolute Gasteiger partial charge is 0.378 e. The van der Waals surface area contributed by atoms with E-state index in [1.54, 1.807) is 11.6 Å². The Morgan fingerprint density at radius 1 is 1.19 bits per heavy atom. The maximum absolute atomic E-state index is 12.4. The maximum atomic E-state index is 12.4. The molecule has 0 atom stereocenters. The summed E-state index contributed by atoms with van der Waals surface area (Å²) < 4.78 is 5.36. The smallest absolute Gasteiger partial charge is 0.290 e. The Balaban J connectivity index is 1.31. The highest BCUT2D eigenvalue weighted by molar-refractivity contribution is 7.13. The van der Waals surface area contributed by atoms with E-state index in [-0.39, 0.29) is 5.91 Å². The van der Waals surface area contributed by atoms with Crippen molar-refractivity contribution in [2.75, 3.05) is 42.6 Å². The maximum Gasteiger partial charge on any atom is 0.290 e. The van der Waals surface area contributed by atoms with Crippen molar-refractivity contribution < 1.29 is 9.53 Å². The fourth-order valence-corrected chi connectivity index (χ4v) is 4.31. The molecule has 0 saturated carbocycles. The van der Waals surface area contributed by atoms with Gasteiger partial charge in [-0.1, -0.05) is 42.5 Å². The summed E-state index contributed by atoms with van der Waals surface area (Å²) >= 11 is 1.46. The van der Waals surface area contributed by atoms with Crippen LogP contribution in [-0.2, 0) is 11.3 Å². The summed E-state index contributed by atoms with van der Waals surface area (Å²) in [6, 6.07) is 18.6. The fourth-order valence-electron chi connectivity index (χ4n) is 3.45. The number of aromatic nitrogens is 1. The Kier molecular flexibility index (Phi) is 7.47. The number of hydrogen-bond donors (Lipinski definition) is 1. The molecule has 2 aromatic carbocycles.